The quantitative estimate of drug-likeness (QED) is 0.420. The van der Waals surface area contributed by atoms with Gasteiger partial charge in [-0.1, -0.05) is 51.1 Å². The predicted molar refractivity (Wildman–Crippen MR) is 111 cm³/mol. The van der Waals surface area contributed by atoms with Crippen LogP contribution in [0.5, 0.6) is 0 Å². The first-order chi connectivity index (χ1) is 13.7. The highest BCUT2D eigenvalue weighted by molar-refractivity contribution is 5.94. The van der Waals surface area contributed by atoms with Crippen LogP contribution in [0.25, 0.3) is 0 Å². The maximum absolute atomic E-state index is 13.1. The molecule has 2 aromatic carbocycles. The zero-order valence-electron chi connectivity index (χ0n) is 16.8. The molecule has 0 aliphatic heterocycles. The van der Waals surface area contributed by atoms with Crippen molar-refractivity contribution in [3.05, 3.63) is 99.5 Å². The van der Waals surface area contributed by atoms with Gasteiger partial charge in [-0.3, -0.25) is 14.9 Å². The van der Waals surface area contributed by atoms with Gasteiger partial charge in [0.25, 0.3) is 11.6 Å². The van der Waals surface area contributed by atoms with Gasteiger partial charge in [-0.25, -0.2) is 0 Å². The molecule has 6 nitrogen and oxygen atoms in total. The SMILES string of the molecule is CC(C)(C)c1ccc(CN(Cc2ccco2)C(=O)c2cccc([N+](=O)[O-])c2)cc1. The third-order valence-electron chi connectivity index (χ3n) is 4.71. The number of amides is 1. The minimum absolute atomic E-state index is 0.0468. The number of rotatable bonds is 6. The fourth-order valence-electron chi connectivity index (χ4n) is 3.06. The molecule has 150 valence electrons. The average Bonchev–Trinajstić information content (AvgIpc) is 3.20. The number of nitrogens with zero attached hydrogens (tertiary/aromatic N) is 2. The summed E-state index contributed by atoms with van der Waals surface area (Å²) < 4.78 is 5.41. The topological polar surface area (TPSA) is 76.6 Å². The molecular weight excluding hydrogens is 368 g/mol. The number of carbonyl (C=O) groups excluding carboxylic acids is 1. The molecule has 0 unspecified atom stereocenters. The summed E-state index contributed by atoms with van der Waals surface area (Å²) in [6.45, 7) is 7.09. The molecule has 0 radical (unpaired) electrons. The minimum Gasteiger partial charge on any atom is -0.467 e. The van der Waals surface area contributed by atoms with Crippen molar-refractivity contribution in [2.75, 3.05) is 0 Å². The summed E-state index contributed by atoms with van der Waals surface area (Å²) in [7, 11) is 0. The zero-order chi connectivity index (χ0) is 21.0. The molecule has 6 heteroatoms. The molecule has 1 amide bonds. The Hall–Kier alpha value is -3.41. The maximum atomic E-state index is 13.1. The third kappa shape index (κ3) is 5.10. The Kier molecular flexibility index (Phi) is 5.82. The molecule has 0 atom stereocenters. The van der Waals surface area contributed by atoms with Gasteiger partial charge < -0.3 is 9.32 Å². The first kappa shape index (κ1) is 20.3. The number of hydrogen-bond acceptors (Lipinski definition) is 4. The van der Waals surface area contributed by atoms with Crippen molar-refractivity contribution in [2.24, 2.45) is 0 Å². The van der Waals surface area contributed by atoms with Crippen molar-refractivity contribution in [3.8, 4) is 0 Å². The lowest BCUT2D eigenvalue weighted by Gasteiger charge is -2.23. The Morgan fingerprint density at radius 2 is 1.76 bits per heavy atom. The summed E-state index contributed by atoms with van der Waals surface area (Å²) in [4.78, 5) is 25.3. The molecule has 1 heterocycles. The van der Waals surface area contributed by atoms with Crippen molar-refractivity contribution < 1.29 is 14.1 Å². The van der Waals surface area contributed by atoms with E-state index in [0.29, 0.717) is 12.3 Å². The van der Waals surface area contributed by atoms with E-state index in [1.165, 1.54) is 23.8 Å². The van der Waals surface area contributed by atoms with Gasteiger partial charge in [0.15, 0.2) is 0 Å². The highest BCUT2D eigenvalue weighted by atomic mass is 16.6. The third-order valence-corrected chi connectivity index (χ3v) is 4.71. The average molecular weight is 392 g/mol. The van der Waals surface area contributed by atoms with Crippen LogP contribution < -0.4 is 0 Å². The molecule has 0 aliphatic rings. The summed E-state index contributed by atoms with van der Waals surface area (Å²) in [5, 5.41) is 11.1. The monoisotopic (exact) mass is 392 g/mol. The number of non-ortho nitro benzene ring substituents is 1. The highest BCUT2D eigenvalue weighted by Crippen LogP contribution is 2.23. The smallest absolute Gasteiger partial charge is 0.270 e. The molecule has 0 saturated carbocycles. The van der Waals surface area contributed by atoms with Crippen LogP contribution in [0.1, 0.15) is 48.0 Å². The Balaban J connectivity index is 1.87. The summed E-state index contributed by atoms with van der Waals surface area (Å²) in [6, 6.07) is 17.5. The van der Waals surface area contributed by atoms with Gasteiger partial charge in [0.1, 0.15) is 5.76 Å². The molecule has 0 spiro atoms. The van der Waals surface area contributed by atoms with Crippen LogP contribution in [-0.2, 0) is 18.5 Å². The predicted octanol–water partition coefficient (Wildman–Crippen LogP) is 5.33. The van der Waals surface area contributed by atoms with Gasteiger partial charge in [-0.05, 0) is 34.7 Å². The Morgan fingerprint density at radius 1 is 1.03 bits per heavy atom. The molecule has 0 fully saturated rings. The number of hydrogen-bond donors (Lipinski definition) is 0. The second-order valence-electron chi connectivity index (χ2n) is 7.99. The molecule has 0 aliphatic carbocycles. The van der Waals surface area contributed by atoms with Crippen LogP contribution in [0.15, 0.2) is 71.3 Å². The molecule has 3 aromatic rings. The second kappa shape index (κ2) is 8.31. The molecule has 1 aromatic heterocycles. The number of carbonyl (C=O) groups is 1. The zero-order valence-corrected chi connectivity index (χ0v) is 16.8. The lowest BCUT2D eigenvalue weighted by molar-refractivity contribution is -0.384. The number of nitro benzene ring substituents is 1. The largest absolute Gasteiger partial charge is 0.467 e. The van der Waals surface area contributed by atoms with Gasteiger partial charge >= 0.3 is 0 Å². The van der Waals surface area contributed by atoms with Crippen molar-refractivity contribution in [2.45, 2.75) is 39.3 Å². The highest BCUT2D eigenvalue weighted by Gasteiger charge is 2.20. The Bertz CT molecular complexity index is 986. The molecule has 0 saturated heterocycles. The van der Waals surface area contributed by atoms with Crippen LogP contribution in [0.2, 0.25) is 0 Å². The Morgan fingerprint density at radius 3 is 2.34 bits per heavy atom. The Labute approximate surface area is 169 Å². The number of benzene rings is 2. The lowest BCUT2D eigenvalue weighted by atomic mass is 9.87. The molecule has 3 rings (SSSR count). The normalized spacial score (nSPS) is 11.3. The van der Waals surface area contributed by atoms with E-state index in [-0.39, 0.29) is 29.1 Å². The van der Waals surface area contributed by atoms with Crippen molar-refractivity contribution in [1.82, 2.24) is 4.90 Å². The number of furan rings is 1. The van der Waals surface area contributed by atoms with E-state index in [2.05, 4.69) is 32.9 Å². The first-order valence-corrected chi connectivity index (χ1v) is 9.39. The van der Waals surface area contributed by atoms with E-state index < -0.39 is 4.92 Å². The van der Waals surface area contributed by atoms with Crippen molar-refractivity contribution >= 4 is 11.6 Å². The van der Waals surface area contributed by atoms with E-state index >= 15 is 0 Å². The first-order valence-electron chi connectivity index (χ1n) is 9.39. The second-order valence-corrected chi connectivity index (χ2v) is 7.99. The van der Waals surface area contributed by atoms with Gasteiger partial charge in [0.2, 0.25) is 0 Å². The summed E-state index contributed by atoms with van der Waals surface area (Å²) in [5.74, 6) is 0.361. The minimum atomic E-state index is -0.501. The van der Waals surface area contributed by atoms with E-state index in [1.807, 2.05) is 12.1 Å². The van der Waals surface area contributed by atoms with Crippen molar-refractivity contribution in [1.29, 1.82) is 0 Å². The molecule has 0 N–H and O–H groups in total. The van der Waals surface area contributed by atoms with E-state index in [0.717, 1.165) is 5.56 Å². The van der Waals surface area contributed by atoms with Crippen LogP contribution in [0.3, 0.4) is 0 Å². The summed E-state index contributed by atoms with van der Waals surface area (Å²) >= 11 is 0. The molecular formula is C23H24N2O4. The van der Waals surface area contributed by atoms with E-state index in [9.17, 15) is 14.9 Å². The van der Waals surface area contributed by atoms with E-state index in [4.69, 9.17) is 4.42 Å². The number of nitro groups is 1. The van der Waals surface area contributed by atoms with Gasteiger partial charge in [-0.2, -0.15) is 0 Å². The maximum Gasteiger partial charge on any atom is 0.270 e. The van der Waals surface area contributed by atoms with Crippen LogP contribution >= 0.6 is 0 Å². The molecule has 29 heavy (non-hydrogen) atoms. The van der Waals surface area contributed by atoms with E-state index in [1.54, 1.807) is 29.4 Å². The van der Waals surface area contributed by atoms with Crippen LogP contribution in [0.4, 0.5) is 5.69 Å². The lowest BCUT2D eigenvalue weighted by Crippen LogP contribution is -2.30. The van der Waals surface area contributed by atoms with Gasteiger partial charge in [-0.15, -0.1) is 0 Å². The van der Waals surface area contributed by atoms with Crippen molar-refractivity contribution in [3.63, 3.8) is 0 Å². The van der Waals surface area contributed by atoms with Gasteiger partial charge in [0.05, 0.1) is 17.7 Å². The van der Waals surface area contributed by atoms with Crippen LogP contribution in [-0.4, -0.2) is 15.7 Å². The summed E-state index contributed by atoms with van der Waals surface area (Å²) in [5.41, 5.74) is 2.40. The fraction of sp³-hybridized carbons (Fsp3) is 0.261. The summed E-state index contributed by atoms with van der Waals surface area (Å²) in [6.07, 6.45) is 1.56. The van der Waals surface area contributed by atoms with Gasteiger partial charge in [0, 0.05) is 24.2 Å². The molecule has 0 bridgehead atoms. The fourth-order valence-corrected chi connectivity index (χ4v) is 3.06. The van der Waals surface area contributed by atoms with Crippen LogP contribution in [0, 0.1) is 10.1 Å². The standard InChI is InChI=1S/C23H24N2O4/c1-23(2,3)19-11-9-17(10-12-19)15-24(16-21-8-5-13-29-21)22(26)18-6-4-7-20(14-18)25(27)28/h4-14H,15-16H2,1-3H3.